The van der Waals surface area contributed by atoms with Gasteiger partial charge in [-0.25, -0.2) is 4.79 Å². The minimum absolute atomic E-state index is 0.394. The molecule has 0 saturated carbocycles. The fourth-order valence-corrected chi connectivity index (χ4v) is 14.8. The lowest BCUT2D eigenvalue weighted by molar-refractivity contribution is -0.134. The second-order valence-corrected chi connectivity index (χ2v) is 18.4. The fraction of sp³-hybridized carbons (Fsp3) is 0.864. The third kappa shape index (κ3) is 20.7. The van der Waals surface area contributed by atoms with Crippen molar-refractivity contribution in [1.29, 1.82) is 0 Å². The van der Waals surface area contributed by atoms with Crippen LogP contribution in [0.15, 0.2) is 12.7 Å². The van der Waals surface area contributed by atoms with Crippen molar-refractivity contribution in [1.82, 2.24) is 0 Å². The fourth-order valence-electron chi connectivity index (χ4n) is 2.89. The van der Waals surface area contributed by atoms with E-state index < -0.39 is 23.6 Å². The van der Waals surface area contributed by atoms with Crippen LogP contribution in [0.2, 0.25) is 12.1 Å². The number of hydrogen-bond donors (Lipinski definition) is 0. The van der Waals surface area contributed by atoms with E-state index in [1.807, 2.05) is 82.8 Å². The average molecular weight is 625 g/mol. The zero-order valence-electron chi connectivity index (χ0n) is 23.2. The number of carbonyl (C=O) groups excluding carboxylic acids is 1. The van der Waals surface area contributed by atoms with Crippen LogP contribution in [-0.2, 0) is 36.1 Å². The van der Waals surface area contributed by atoms with Crippen LogP contribution in [0.3, 0.4) is 0 Å². The predicted octanol–water partition coefficient (Wildman–Crippen LogP) is 6.89. The largest absolute Gasteiger partial charge is 0.500 e. The molecule has 0 aromatic carbocycles. The van der Waals surface area contributed by atoms with Crippen molar-refractivity contribution in [3.8, 4) is 0 Å². The highest BCUT2D eigenvalue weighted by Gasteiger charge is 2.40. The van der Waals surface area contributed by atoms with Gasteiger partial charge < -0.3 is 31.3 Å². The van der Waals surface area contributed by atoms with Crippen LogP contribution in [0.4, 0.5) is 0 Å². The van der Waals surface area contributed by atoms with E-state index in [4.69, 9.17) is 26.6 Å². The molecule has 14 heteroatoms. The summed E-state index contributed by atoms with van der Waals surface area (Å²) < 4.78 is 39.6. The summed E-state index contributed by atoms with van der Waals surface area (Å²) in [4.78, 5) is 9.84. The van der Waals surface area contributed by atoms with E-state index in [9.17, 15) is 4.79 Å². The minimum atomic E-state index is -2.49. The van der Waals surface area contributed by atoms with Gasteiger partial charge in [-0.15, -0.1) is 0 Å². The lowest BCUT2D eigenvalue weighted by Gasteiger charge is -2.28. The molecule has 0 spiro atoms. The van der Waals surface area contributed by atoms with Gasteiger partial charge in [0.1, 0.15) is 0 Å². The SMILES string of the molecule is C=CC(=O)OC.CCO[Si](CCCSSSSCCC[Si](OCC)(OCC)OCC)(OCC)OCC. The molecule has 0 unspecified atom stereocenters. The summed E-state index contributed by atoms with van der Waals surface area (Å²) in [6.07, 6.45) is 3.20. The molecule has 0 bridgehead atoms. The Bertz CT molecular complexity index is 456. The van der Waals surface area contributed by atoms with Gasteiger partial charge in [-0.1, -0.05) is 28.2 Å². The van der Waals surface area contributed by atoms with Crippen LogP contribution >= 0.6 is 41.2 Å². The molecule has 0 aliphatic heterocycles. The first-order valence-corrected chi connectivity index (χ1v) is 21.5. The van der Waals surface area contributed by atoms with Crippen molar-refractivity contribution in [3.05, 3.63) is 12.7 Å². The summed E-state index contributed by atoms with van der Waals surface area (Å²) in [5, 5.41) is 0. The normalized spacial score (nSPS) is 11.6. The van der Waals surface area contributed by atoms with Crippen molar-refractivity contribution in [2.75, 3.05) is 58.3 Å². The first-order valence-electron chi connectivity index (χ1n) is 12.5. The van der Waals surface area contributed by atoms with Crippen LogP contribution in [0, 0.1) is 0 Å². The molecule has 0 aliphatic rings. The molecule has 0 rings (SSSR count). The summed E-state index contributed by atoms with van der Waals surface area (Å²) in [6, 6.07) is 1.76. The molecule has 0 fully saturated rings. The van der Waals surface area contributed by atoms with Gasteiger partial charge in [-0.2, -0.15) is 0 Å². The van der Waals surface area contributed by atoms with Crippen molar-refractivity contribution in [2.45, 2.75) is 66.5 Å². The quantitative estimate of drug-likeness (QED) is 0.0369. The molecule has 0 saturated heterocycles. The molecule has 0 aromatic rings. The third-order valence-electron chi connectivity index (χ3n) is 4.10. The highest BCUT2D eigenvalue weighted by atomic mass is 33.7. The monoisotopic (exact) mass is 624 g/mol. The van der Waals surface area contributed by atoms with E-state index in [1.54, 1.807) is 0 Å². The highest BCUT2D eigenvalue weighted by Crippen LogP contribution is 2.44. The molecule has 0 atom stereocenters. The zero-order valence-corrected chi connectivity index (χ0v) is 28.4. The molecule has 216 valence electrons. The Balaban J connectivity index is 0. The van der Waals surface area contributed by atoms with Crippen LogP contribution in [0.1, 0.15) is 54.4 Å². The van der Waals surface area contributed by atoms with Gasteiger partial charge in [0.05, 0.1) is 7.11 Å². The Hall–Kier alpha value is 0.804. The molecule has 8 nitrogen and oxygen atoms in total. The van der Waals surface area contributed by atoms with Crippen LogP contribution < -0.4 is 0 Å². The Morgan fingerprint density at radius 3 is 1.17 bits per heavy atom. The smallest absolute Gasteiger partial charge is 0.466 e. The Morgan fingerprint density at radius 2 is 0.972 bits per heavy atom. The first kappa shape index (κ1) is 38.9. The van der Waals surface area contributed by atoms with Gasteiger partial charge in [0.25, 0.3) is 0 Å². The van der Waals surface area contributed by atoms with Crippen molar-refractivity contribution < 1.29 is 36.1 Å². The van der Waals surface area contributed by atoms with Gasteiger partial charge in [0, 0.05) is 69.3 Å². The van der Waals surface area contributed by atoms with Gasteiger partial charge >= 0.3 is 23.6 Å². The molecule has 36 heavy (non-hydrogen) atoms. The maximum Gasteiger partial charge on any atom is 0.500 e. The first-order chi connectivity index (χ1) is 17.4. The lowest BCUT2D eigenvalue weighted by Crippen LogP contribution is -2.46. The summed E-state index contributed by atoms with van der Waals surface area (Å²) in [7, 11) is 3.79. The lowest BCUT2D eigenvalue weighted by atomic mass is 10.6. The number of ether oxygens (including phenoxy) is 1. The van der Waals surface area contributed by atoms with Crippen LogP contribution in [0.25, 0.3) is 0 Å². The Labute approximate surface area is 237 Å². The van der Waals surface area contributed by atoms with E-state index in [0.717, 1.165) is 42.5 Å². The van der Waals surface area contributed by atoms with E-state index in [0.29, 0.717) is 39.6 Å². The molecule has 0 amide bonds. The van der Waals surface area contributed by atoms with E-state index in [-0.39, 0.29) is 0 Å². The Morgan fingerprint density at radius 1 is 0.667 bits per heavy atom. The summed E-state index contributed by atoms with van der Waals surface area (Å²) in [6.45, 7) is 19.0. The van der Waals surface area contributed by atoms with Crippen LogP contribution in [0.5, 0.6) is 0 Å². The summed E-state index contributed by atoms with van der Waals surface area (Å²) in [5.41, 5.74) is 0. The number of rotatable bonds is 24. The Kier molecular flexibility index (Phi) is 29.6. The molecule has 0 heterocycles. The number of hydrogen-bond acceptors (Lipinski definition) is 12. The molecule has 0 aromatic heterocycles. The second-order valence-electron chi connectivity index (χ2n) is 6.68. The number of methoxy groups -OCH3 is 1. The molecule has 0 aliphatic carbocycles. The van der Waals surface area contributed by atoms with E-state index in [2.05, 4.69) is 11.3 Å². The number of carbonyl (C=O) groups is 1. The second kappa shape index (κ2) is 27.4. The maximum absolute atomic E-state index is 9.84. The molecular weight excluding hydrogens is 577 g/mol. The minimum Gasteiger partial charge on any atom is -0.466 e. The maximum atomic E-state index is 9.84. The molecule has 0 N–H and O–H groups in total. The number of esters is 1. The van der Waals surface area contributed by atoms with Crippen molar-refractivity contribution >= 4 is 64.8 Å². The highest BCUT2D eigenvalue weighted by molar-refractivity contribution is 9.26. The van der Waals surface area contributed by atoms with Gasteiger partial charge in [-0.05, 0) is 74.0 Å². The van der Waals surface area contributed by atoms with Gasteiger partial charge in [0.15, 0.2) is 0 Å². The standard InChI is InChI=1S/C18H42O6S4Si2.C4H6O2/c1-7-19-29(20-8-2,21-9-3)17-13-15-25-27-28-26-16-14-18-30(22-10-4,23-11-5)24-12-6;1-3-4(5)6-2/h7-18H2,1-6H3;3H,1H2,2H3. The van der Waals surface area contributed by atoms with Gasteiger partial charge in [0.2, 0.25) is 0 Å². The summed E-state index contributed by atoms with van der Waals surface area (Å²) >= 11 is 0. The average Bonchev–Trinajstić information content (AvgIpc) is 2.86. The topological polar surface area (TPSA) is 81.7 Å². The molecular formula is C22H48O8S4Si2. The summed E-state index contributed by atoms with van der Waals surface area (Å²) in [5.74, 6) is 1.74. The third-order valence-corrected chi connectivity index (χ3v) is 17.0. The molecule has 0 radical (unpaired) electrons. The van der Waals surface area contributed by atoms with Crippen LogP contribution in [-0.4, -0.2) is 81.8 Å². The predicted molar refractivity (Wildman–Crippen MR) is 162 cm³/mol. The van der Waals surface area contributed by atoms with Crippen molar-refractivity contribution in [2.24, 2.45) is 0 Å². The van der Waals surface area contributed by atoms with Gasteiger partial charge in [-0.3, -0.25) is 0 Å². The van der Waals surface area contributed by atoms with E-state index >= 15 is 0 Å². The zero-order chi connectivity index (χ0) is 27.5. The van der Waals surface area contributed by atoms with Crippen molar-refractivity contribution in [3.63, 3.8) is 0 Å². The van der Waals surface area contributed by atoms with E-state index in [1.165, 1.54) is 7.11 Å².